The van der Waals surface area contributed by atoms with Crippen molar-refractivity contribution in [3.63, 3.8) is 0 Å². The van der Waals surface area contributed by atoms with E-state index in [9.17, 15) is 0 Å². The molecule has 116 valence electrons. The first-order valence-electron chi connectivity index (χ1n) is 6.56. The molecular formula is C15H16N8. The van der Waals surface area contributed by atoms with E-state index in [4.69, 9.17) is 0 Å². The van der Waals surface area contributed by atoms with E-state index in [0.717, 1.165) is 0 Å². The Bertz CT molecular complexity index is 460. The molecule has 0 radical (unpaired) electrons. The number of hydrogen-bond acceptors (Lipinski definition) is 7. The monoisotopic (exact) mass is 308 g/mol. The normalized spacial score (nSPS) is 8.00. The van der Waals surface area contributed by atoms with Crippen LogP contribution in [0.15, 0.2) is 92.3 Å². The zero-order valence-corrected chi connectivity index (χ0v) is 12.3. The molecule has 0 atom stereocenters. The number of hydrogen-bond donors (Lipinski definition) is 1. The smallest absolute Gasteiger partial charge is 0.115 e. The average molecular weight is 308 g/mol. The molecule has 0 saturated heterocycles. The highest BCUT2D eigenvalue weighted by Gasteiger charge is 1.60. The van der Waals surface area contributed by atoms with Gasteiger partial charge in [0.1, 0.15) is 6.33 Å². The third-order valence-electron chi connectivity index (χ3n) is 1.86. The molecule has 0 unspecified atom stereocenters. The quantitative estimate of drug-likeness (QED) is 0.528. The van der Waals surface area contributed by atoms with Crippen molar-refractivity contribution in [2.24, 2.45) is 0 Å². The number of pyridine rings is 1. The van der Waals surface area contributed by atoms with E-state index in [-0.39, 0.29) is 0 Å². The third-order valence-corrected chi connectivity index (χ3v) is 1.86. The molecule has 0 amide bonds. The van der Waals surface area contributed by atoms with Crippen LogP contribution in [0.2, 0.25) is 0 Å². The van der Waals surface area contributed by atoms with Gasteiger partial charge >= 0.3 is 0 Å². The van der Waals surface area contributed by atoms with Gasteiger partial charge in [0.05, 0.1) is 12.4 Å². The van der Waals surface area contributed by atoms with Crippen LogP contribution in [-0.2, 0) is 0 Å². The molecule has 0 bridgehead atoms. The van der Waals surface area contributed by atoms with Crippen LogP contribution in [0.3, 0.4) is 0 Å². The van der Waals surface area contributed by atoms with Gasteiger partial charge in [0, 0.05) is 37.2 Å². The maximum Gasteiger partial charge on any atom is 0.115 e. The molecule has 0 aliphatic carbocycles. The van der Waals surface area contributed by atoms with Gasteiger partial charge in [0.2, 0.25) is 0 Å². The Morgan fingerprint density at radius 2 is 0.957 bits per heavy atom. The first kappa shape index (κ1) is 17.5. The summed E-state index contributed by atoms with van der Waals surface area (Å²) in [6, 6.07) is 11.1. The summed E-state index contributed by atoms with van der Waals surface area (Å²) in [7, 11) is 0. The van der Waals surface area contributed by atoms with Crippen LogP contribution in [0, 0.1) is 0 Å². The molecular weight excluding hydrogens is 292 g/mol. The topological polar surface area (TPSA) is 106 Å². The van der Waals surface area contributed by atoms with Crippen LogP contribution in [0.4, 0.5) is 0 Å². The van der Waals surface area contributed by atoms with Crippen molar-refractivity contribution in [1.82, 2.24) is 40.6 Å². The molecule has 4 aromatic rings. The Kier molecular flexibility index (Phi) is 11.3. The predicted octanol–water partition coefficient (Wildman–Crippen LogP) is 1.84. The maximum absolute atomic E-state index is 3.78. The van der Waals surface area contributed by atoms with E-state index in [1.807, 2.05) is 30.3 Å². The number of nitrogens with one attached hydrogen (secondary N) is 1. The highest BCUT2D eigenvalue weighted by atomic mass is 15.3. The van der Waals surface area contributed by atoms with Crippen LogP contribution < -0.4 is 0 Å². The second-order valence-corrected chi connectivity index (χ2v) is 3.50. The van der Waals surface area contributed by atoms with Crippen LogP contribution >= 0.6 is 0 Å². The van der Waals surface area contributed by atoms with Gasteiger partial charge in [0.15, 0.2) is 0 Å². The molecule has 4 heterocycles. The Balaban J connectivity index is 0.000000154. The van der Waals surface area contributed by atoms with Gasteiger partial charge in [-0.2, -0.15) is 25.6 Å². The molecule has 0 aromatic carbocycles. The largest absolute Gasteiger partial charge is 0.265 e. The zero-order chi connectivity index (χ0) is 16.3. The first-order chi connectivity index (χ1) is 11.5. The number of nitrogens with zero attached hydrogens (tertiary/aromatic N) is 7. The van der Waals surface area contributed by atoms with Gasteiger partial charge < -0.3 is 0 Å². The van der Waals surface area contributed by atoms with E-state index in [0.29, 0.717) is 0 Å². The number of H-pyrrole nitrogens is 1. The van der Waals surface area contributed by atoms with Gasteiger partial charge in [0.25, 0.3) is 0 Å². The summed E-state index contributed by atoms with van der Waals surface area (Å²) < 4.78 is 0. The predicted molar refractivity (Wildman–Crippen MR) is 84.7 cm³/mol. The molecule has 0 aliphatic heterocycles. The molecule has 0 saturated carbocycles. The van der Waals surface area contributed by atoms with Crippen molar-refractivity contribution >= 4 is 0 Å². The van der Waals surface area contributed by atoms with Crippen molar-refractivity contribution in [3.05, 3.63) is 92.3 Å². The van der Waals surface area contributed by atoms with E-state index in [1.54, 1.807) is 55.6 Å². The summed E-state index contributed by atoms with van der Waals surface area (Å²) in [6.45, 7) is 0. The van der Waals surface area contributed by atoms with Crippen LogP contribution in [0.5, 0.6) is 0 Å². The van der Waals surface area contributed by atoms with Crippen LogP contribution in [-0.4, -0.2) is 40.6 Å². The van der Waals surface area contributed by atoms with Crippen molar-refractivity contribution in [3.8, 4) is 0 Å². The molecule has 4 aromatic heterocycles. The van der Waals surface area contributed by atoms with E-state index in [1.165, 1.54) is 6.33 Å². The fraction of sp³-hybridized carbons (Fsp3) is 0. The minimum atomic E-state index is 1.50. The molecule has 8 nitrogen and oxygen atoms in total. The second kappa shape index (κ2) is 14.9. The lowest BCUT2D eigenvalue weighted by Crippen LogP contribution is -1.69. The van der Waals surface area contributed by atoms with Crippen molar-refractivity contribution in [1.29, 1.82) is 0 Å². The summed E-state index contributed by atoms with van der Waals surface area (Å²) in [5.74, 6) is 0. The number of aromatic amines is 1. The third kappa shape index (κ3) is 13.2. The highest BCUT2D eigenvalue weighted by molar-refractivity contribution is 4.88. The van der Waals surface area contributed by atoms with E-state index < -0.39 is 0 Å². The second-order valence-electron chi connectivity index (χ2n) is 3.50. The Morgan fingerprint density at radius 1 is 0.435 bits per heavy atom. The molecule has 1 N–H and O–H groups in total. The maximum atomic E-state index is 3.78. The van der Waals surface area contributed by atoms with Gasteiger partial charge in [-0.3, -0.25) is 4.98 Å². The van der Waals surface area contributed by atoms with Crippen LogP contribution in [0.1, 0.15) is 0 Å². The van der Waals surface area contributed by atoms with Crippen LogP contribution in [0.25, 0.3) is 0 Å². The van der Waals surface area contributed by atoms with Gasteiger partial charge in [-0.05, 0) is 30.3 Å². The minimum absolute atomic E-state index is 1.50. The Labute approximate surface area is 133 Å². The fourth-order valence-electron chi connectivity index (χ4n) is 0.986. The van der Waals surface area contributed by atoms with Gasteiger partial charge in [-0.1, -0.05) is 6.07 Å². The lowest BCUT2D eigenvalue weighted by molar-refractivity contribution is 0.940. The molecule has 0 fully saturated rings. The lowest BCUT2D eigenvalue weighted by Gasteiger charge is -1.70. The van der Waals surface area contributed by atoms with Gasteiger partial charge in [-0.15, -0.1) is 0 Å². The van der Waals surface area contributed by atoms with Crippen molar-refractivity contribution in [2.45, 2.75) is 0 Å². The minimum Gasteiger partial charge on any atom is -0.265 e. The zero-order valence-electron chi connectivity index (χ0n) is 12.3. The SMILES string of the molecule is c1ccncc1.c1ccnnc1.c1cn[nH]n1.c1cncnc1. The van der Waals surface area contributed by atoms with Crippen molar-refractivity contribution < 1.29 is 0 Å². The summed E-state index contributed by atoms with van der Waals surface area (Å²) in [5, 5.41) is 16.4. The molecule has 0 spiro atoms. The number of aromatic nitrogens is 8. The summed E-state index contributed by atoms with van der Waals surface area (Å²) in [4.78, 5) is 11.1. The summed E-state index contributed by atoms with van der Waals surface area (Å²) in [5.41, 5.74) is 0. The fourth-order valence-corrected chi connectivity index (χ4v) is 0.986. The standard InChI is InChI=1S/C5H5N.2C4H4N2.C2H3N3/c1-2-4-6-5-3-1;1-2-5-4-6-3-1;1-2-4-6-5-3-1;1-2-4-5-3-1/h1-5H;2*1-4H;1-2H,(H,3,4,5). The Morgan fingerprint density at radius 3 is 1.13 bits per heavy atom. The van der Waals surface area contributed by atoms with E-state index >= 15 is 0 Å². The highest BCUT2D eigenvalue weighted by Crippen LogP contribution is 1.73. The number of rotatable bonds is 0. The molecule has 4 rings (SSSR count). The first-order valence-corrected chi connectivity index (χ1v) is 6.56. The molecule has 23 heavy (non-hydrogen) atoms. The van der Waals surface area contributed by atoms with Crippen molar-refractivity contribution in [2.75, 3.05) is 0 Å². The lowest BCUT2D eigenvalue weighted by atomic mass is 10.5. The van der Waals surface area contributed by atoms with E-state index in [2.05, 4.69) is 40.6 Å². The molecule has 0 aliphatic rings. The summed E-state index contributed by atoms with van der Waals surface area (Å²) in [6.07, 6.45) is 14.8. The molecule has 8 heteroatoms. The summed E-state index contributed by atoms with van der Waals surface area (Å²) >= 11 is 0. The average Bonchev–Trinajstić information content (AvgIpc) is 3.27. The Hall–Kier alpha value is -3.55. The van der Waals surface area contributed by atoms with Gasteiger partial charge in [-0.25, -0.2) is 9.97 Å².